The van der Waals surface area contributed by atoms with Gasteiger partial charge in [-0.15, -0.1) is 0 Å². The number of methoxy groups -OCH3 is 1. The minimum absolute atomic E-state index is 0.303. The van der Waals surface area contributed by atoms with E-state index in [1.165, 1.54) is 22.3 Å². The molecule has 0 aliphatic heterocycles. The van der Waals surface area contributed by atoms with Crippen LogP contribution >= 0.6 is 0 Å². The highest BCUT2D eigenvalue weighted by Crippen LogP contribution is 2.31. The molecule has 2 rings (SSSR count). The van der Waals surface area contributed by atoms with E-state index >= 15 is 0 Å². The Bertz CT molecular complexity index is 667. The number of hydrogen-bond acceptors (Lipinski definition) is 3. The van der Waals surface area contributed by atoms with Crippen LogP contribution in [-0.4, -0.2) is 20.3 Å². The lowest BCUT2D eigenvalue weighted by Crippen LogP contribution is -2.16. The van der Waals surface area contributed by atoms with Crippen molar-refractivity contribution in [2.45, 2.75) is 39.5 Å². The Hall–Kier alpha value is -2.00. The topological polar surface area (TPSA) is 44.5 Å². The third kappa shape index (κ3) is 4.51. The van der Waals surface area contributed by atoms with Crippen molar-refractivity contribution in [3.63, 3.8) is 0 Å². The fourth-order valence-electron chi connectivity index (χ4n) is 3.06. The van der Waals surface area contributed by atoms with Gasteiger partial charge in [0.2, 0.25) is 0 Å². The standard InChI is InChI=1S/C21H29NO2/c1-5-10-24-20-9-7-17(13-21(20)23-4)12-18(14-22)19-8-6-15(2)11-16(19)3/h6-9,11,13,18H,5,10,12,14,22H2,1-4H3. The van der Waals surface area contributed by atoms with Gasteiger partial charge in [-0.3, -0.25) is 0 Å². The van der Waals surface area contributed by atoms with Crippen LogP contribution in [0, 0.1) is 13.8 Å². The normalized spacial score (nSPS) is 12.0. The summed E-state index contributed by atoms with van der Waals surface area (Å²) < 4.78 is 11.2. The highest BCUT2D eigenvalue weighted by Gasteiger charge is 2.15. The lowest BCUT2D eigenvalue weighted by Gasteiger charge is -2.19. The van der Waals surface area contributed by atoms with Crippen LogP contribution in [0.2, 0.25) is 0 Å². The summed E-state index contributed by atoms with van der Waals surface area (Å²) in [5, 5.41) is 0. The van der Waals surface area contributed by atoms with Gasteiger partial charge in [0, 0.05) is 5.92 Å². The van der Waals surface area contributed by atoms with Crippen LogP contribution in [0.3, 0.4) is 0 Å². The third-order valence-electron chi connectivity index (χ3n) is 4.32. The SMILES string of the molecule is CCCOc1ccc(CC(CN)c2ccc(C)cc2C)cc1OC. The van der Waals surface area contributed by atoms with E-state index in [4.69, 9.17) is 15.2 Å². The number of rotatable bonds is 8. The maximum atomic E-state index is 6.07. The first-order chi connectivity index (χ1) is 11.6. The Morgan fingerprint density at radius 3 is 2.46 bits per heavy atom. The first-order valence-corrected chi connectivity index (χ1v) is 8.66. The minimum Gasteiger partial charge on any atom is -0.493 e. The summed E-state index contributed by atoms with van der Waals surface area (Å²) in [6.45, 7) is 7.70. The molecule has 0 saturated heterocycles. The lowest BCUT2D eigenvalue weighted by atomic mass is 9.88. The maximum absolute atomic E-state index is 6.07. The van der Waals surface area contributed by atoms with Gasteiger partial charge in [0.15, 0.2) is 11.5 Å². The van der Waals surface area contributed by atoms with Gasteiger partial charge in [-0.1, -0.05) is 36.8 Å². The quantitative estimate of drug-likeness (QED) is 0.782. The van der Waals surface area contributed by atoms with Gasteiger partial charge in [0.25, 0.3) is 0 Å². The van der Waals surface area contributed by atoms with Crippen molar-refractivity contribution >= 4 is 0 Å². The molecular formula is C21H29NO2. The number of benzene rings is 2. The second kappa shape index (κ2) is 8.74. The molecule has 0 heterocycles. The van der Waals surface area contributed by atoms with Crippen molar-refractivity contribution in [1.82, 2.24) is 0 Å². The second-order valence-electron chi connectivity index (χ2n) is 6.33. The highest BCUT2D eigenvalue weighted by molar-refractivity contribution is 5.44. The van der Waals surface area contributed by atoms with Crippen LogP contribution in [0.5, 0.6) is 11.5 Å². The van der Waals surface area contributed by atoms with Gasteiger partial charge in [0.1, 0.15) is 0 Å². The molecule has 1 unspecified atom stereocenters. The van der Waals surface area contributed by atoms with Gasteiger partial charge in [0.05, 0.1) is 13.7 Å². The summed E-state index contributed by atoms with van der Waals surface area (Å²) in [6, 6.07) is 12.8. The van der Waals surface area contributed by atoms with E-state index in [9.17, 15) is 0 Å². The molecule has 0 amide bonds. The minimum atomic E-state index is 0.303. The Morgan fingerprint density at radius 2 is 1.83 bits per heavy atom. The summed E-state index contributed by atoms with van der Waals surface area (Å²) in [4.78, 5) is 0. The van der Waals surface area contributed by atoms with E-state index in [0.717, 1.165) is 24.3 Å². The molecule has 0 saturated carbocycles. The molecule has 3 heteroatoms. The molecular weight excluding hydrogens is 298 g/mol. The largest absolute Gasteiger partial charge is 0.493 e. The third-order valence-corrected chi connectivity index (χ3v) is 4.32. The summed E-state index contributed by atoms with van der Waals surface area (Å²) >= 11 is 0. The van der Waals surface area contributed by atoms with E-state index in [0.29, 0.717) is 19.1 Å². The van der Waals surface area contributed by atoms with Crippen molar-refractivity contribution in [2.24, 2.45) is 5.73 Å². The van der Waals surface area contributed by atoms with Crippen LogP contribution in [0.15, 0.2) is 36.4 Å². The molecule has 2 aromatic rings. The summed E-state index contributed by atoms with van der Waals surface area (Å²) in [7, 11) is 1.68. The van der Waals surface area contributed by atoms with Gasteiger partial charge < -0.3 is 15.2 Å². The van der Waals surface area contributed by atoms with Crippen LogP contribution in [-0.2, 0) is 6.42 Å². The molecule has 0 radical (unpaired) electrons. The average Bonchev–Trinajstić information content (AvgIpc) is 2.58. The van der Waals surface area contributed by atoms with E-state index in [2.05, 4.69) is 51.1 Å². The molecule has 130 valence electrons. The van der Waals surface area contributed by atoms with Crippen LogP contribution in [0.1, 0.15) is 41.5 Å². The molecule has 0 spiro atoms. The Balaban J connectivity index is 2.21. The number of aryl methyl sites for hydroxylation is 2. The molecule has 2 N–H and O–H groups in total. The molecule has 0 bridgehead atoms. The molecule has 0 fully saturated rings. The molecule has 3 nitrogen and oxygen atoms in total. The first-order valence-electron chi connectivity index (χ1n) is 8.66. The zero-order valence-corrected chi connectivity index (χ0v) is 15.3. The van der Waals surface area contributed by atoms with Crippen molar-refractivity contribution in [3.05, 3.63) is 58.7 Å². The van der Waals surface area contributed by atoms with Gasteiger partial charge in [-0.25, -0.2) is 0 Å². The first kappa shape index (κ1) is 18.3. The van der Waals surface area contributed by atoms with E-state index in [1.807, 2.05) is 6.07 Å². The fraction of sp³-hybridized carbons (Fsp3) is 0.429. The average molecular weight is 327 g/mol. The van der Waals surface area contributed by atoms with Crippen LogP contribution < -0.4 is 15.2 Å². The van der Waals surface area contributed by atoms with Gasteiger partial charge in [-0.05, 0) is 62.1 Å². The number of hydrogen-bond donors (Lipinski definition) is 1. The number of ether oxygens (including phenoxy) is 2. The van der Waals surface area contributed by atoms with Crippen molar-refractivity contribution in [3.8, 4) is 11.5 Å². The van der Waals surface area contributed by atoms with Gasteiger partial charge >= 0.3 is 0 Å². The predicted octanol–water partition coefficient (Wildman–Crippen LogP) is 4.39. The highest BCUT2D eigenvalue weighted by atomic mass is 16.5. The van der Waals surface area contributed by atoms with E-state index in [-0.39, 0.29) is 0 Å². The van der Waals surface area contributed by atoms with Crippen LogP contribution in [0.25, 0.3) is 0 Å². The Morgan fingerprint density at radius 1 is 1.04 bits per heavy atom. The summed E-state index contributed by atoms with van der Waals surface area (Å²) in [6.07, 6.45) is 1.87. The van der Waals surface area contributed by atoms with E-state index in [1.54, 1.807) is 7.11 Å². The smallest absolute Gasteiger partial charge is 0.161 e. The van der Waals surface area contributed by atoms with Crippen molar-refractivity contribution in [2.75, 3.05) is 20.3 Å². The van der Waals surface area contributed by atoms with E-state index < -0.39 is 0 Å². The van der Waals surface area contributed by atoms with Crippen molar-refractivity contribution < 1.29 is 9.47 Å². The Kier molecular flexibility index (Phi) is 6.68. The molecule has 24 heavy (non-hydrogen) atoms. The van der Waals surface area contributed by atoms with Crippen molar-refractivity contribution in [1.29, 1.82) is 0 Å². The zero-order chi connectivity index (χ0) is 17.5. The molecule has 2 aromatic carbocycles. The second-order valence-corrected chi connectivity index (χ2v) is 6.33. The summed E-state index contributed by atoms with van der Waals surface area (Å²) in [5.74, 6) is 1.90. The molecule has 1 atom stereocenters. The molecule has 0 aliphatic carbocycles. The van der Waals surface area contributed by atoms with Gasteiger partial charge in [-0.2, -0.15) is 0 Å². The maximum Gasteiger partial charge on any atom is 0.161 e. The fourth-order valence-corrected chi connectivity index (χ4v) is 3.06. The zero-order valence-electron chi connectivity index (χ0n) is 15.3. The monoisotopic (exact) mass is 327 g/mol. The lowest BCUT2D eigenvalue weighted by molar-refractivity contribution is 0.294. The predicted molar refractivity (Wildman–Crippen MR) is 100 cm³/mol. The molecule has 0 aliphatic rings. The number of nitrogens with two attached hydrogens (primary N) is 1. The van der Waals surface area contributed by atoms with Crippen LogP contribution in [0.4, 0.5) is 0 Å². The summed E-state index contributed by atoms with van der Waals surface area (Å²) in [5.41, 5.74) is 11.2. The molecule has 0 aromatic heterocycles. The Labute approximate surface area is 145 Å².